The highest BCUT2D eigenvalue weighted by Gasteiger charge is 2.26. The first-order valence-electron chi connectivity index (χ1n) is 7.68. The summed E-state index contributed by atoms with van der Waals surface area (Å²) in [5.41, 5.74) is 1.09. The molecule has 5 nitrogen and oxygen atoms in total. The standard InChI is InChI=1S/C16H22N4O/c1-2-15-17-8-10-20(15)16-7-3-5-13(18-16)14-6-4-9-19(14)11-12-21/h3,5,7-8,10,14,21H,2,4,6,9,11-12H2,1H3. The Hall–Kier alpha value is -1.72. The summed E-state index contributed by atoms with van der Waals surface area (Å²) in [6.07, 6.45) is 6.95. The van der Waals surface area contributed by atoms with Gasteiger partial charge in [0.15, 0.2) is 0 Å². The van der Waals surface area contributed by atoms with Crippen LogP contribution in [0.2, 0.25) is 0 Å². The number of aliphatic hydroxyl groups excluding tert-OH is 1. The van der Waals surface area contributed by atoms with Crippen LogP contribution in [0.1, 0.15) is 37.3 Å². The van der Waals surface area contributed by atoms with Crippen LogP contribution in [0.15, 0.2) is 30.6 Å². The highest BCUT2D eigenvalue weighted by molar-refractivity contribution is 5.28. The largest absolute Gasteiger partial charge is 0.395 e. The Bertz CT molecular complexity index is 595. The van der Waals surface area contributed by atoms with Crippen LogP contribution in [0.3, 0.4) is 0 Å². The fraction of sp³-hybridized carbons (Fsp3) is 0.500. The lowest BCUT2D eigenvalue weighted by Gasteiger charge is -2.23. The van der Waals surface area contributed by atoms with E-state index in [4.69, 9.17) is 4.98 Å². The second kappa shape index (κ2) is 6.37. The highest BCUT2D eigenvalue weighted by atomic mass is 16.3. The van der Waals surface area contributed by atoms with E-state index in [0.717, 1.165) is 43.3 Å². The molecule has 5 heteroatoms. The maximum Gasteiger partial charge on any atom is 0.138 e. The van der Waals surface area contributed by atoms with Crippen molar-refractivity contribution in [2.45, 2.75) is 32.2 Å². The number of hydrogen-bond acceptors (Lipinski definition) is 4. The Morgan fingerprint density at radius 3 is 3.10 bits per heavy atom. The van der Waals surface area contributed by atoms with Gasteiger partial charge in [-0.2, -0.15) is 0 Å². The number of hydrogen-bond donors (Lipinski definition) is 1. The molecule has 0 radical (unpaired) electrons. The predicted molar refractivity (Wildman–Crippen MR) is 81.4 cm³/mol. The van der Waals surface area contributed by atoms with E-state index >= 15 is 0 Å². The fourth-order valence-corrected chi connectivity index (χ4v) is 3.12. The van der Waals surface area contributed by atoms with Crippen molar-refractivity contribution >= 4 is 0 Å². The Morgan fingerprint density at radius 2 is 2.29 bits per heavy atom. The van der Waals surface area contributed by atoms with Crippen molar-refractivity contribution < 1.29 is 5.11 Å². The van der Waals surface area contributed by atoms with Gasteiger partial charge in [0, 0.05) is 25.4 Å². The Balaban J connectivity index is 1.90. The summed E-state index contributed by atoms with van der Waals surface area (Å²) in [6.45, 7) is 4.07. The molecule has 1 aliphatic heterocycles. The molecule has 1 fully saturated rings. The van der Waals surface area contributed by atoms with Crippen LogP contribution in [-0.2, 0) is 6.42 Å². The van der Waals surface area contributed by atoms with Crippen molar-refractivity contribution in [1.82, 2.24) is 19.4 Å². The van der Waals surface area contributed by atoms with Gasteiger partial charge in [-0.25, -0.2) is 9.97 Å². The van der Waals surface area contributed by atoms with E-state index in [2.05, 4.69) is 33.5 Å². The van der Waals surface area contributed by atoms with Gasteiger partial charge in [-0.05, 0) is 31.5 Å². The van der Waals surface area contributed by atoms with Crippen LogP contribution in [0, 0.1) is 0 Å². The predicted octanol–water partition coefficient (Wildman–Crippen LogP) is 1.96. The number of imidazole rings is 1. The van der Waals surface area contributed by atoms with Crippen LogP contribution in [0.4, 0.5) is 0 Å². The first-order chi connectivity index (χ1) is 10.3. The number of aromatic nitrogens is 3. The summed E-state index contributed by atoms with van der Waals surface area (Å²) in [5.74, 6) is 1.95. The molecule has 1 aliphatic rings. The SMILES string of the molecule is CCc1nccn1-c1cccc(C2CCCN2CCO)n1. The molecule has 0 spiro atoms. The molecule has 0 aromatic carbocycles. The minimum atomic E-state index is 0.206. The smallest absolute Gasteiger partial charge is 0.138 e. The molecule has 1 unspecified atom stereocenters. The first-order valence-corrected chi connectivity index (χ1v) is 7.68. The van der Waals surface area contributed by atoms with E-state index in [1.54, 1.807) is 0 Å². The highest BCUT2D eigenvalue weighted by Crippen LogP contribution is 2.30. The maximum atomic E-state index is 9.19. The summed E-state index contributed by atoms with van der Waals surface area (Å²) < 4.78 is 2.05. The molecule has 3 rings (SSSR count). The third-order valence-electron chi connectivity index (χ3n) is 4.13. The second-order valence-corrected chi connectivity index (χ2v) is 5.41. The van der Waals surface area contributed by atoms with Crippen LogP contribution in [0.5, 0.6) is 0 Å². The van der Waals surface area contributed by atoms with Crippen molar-refractivity contribution in [1.29, 1.82) is 0 Å². The van der Waals surface area contributed by atoms with Gasteiger partial charge in [-0.15, -0.1) is 0 Å². The molecule has 2 aromatic heterocycles. The van der Waals surface area contributed by atoms with Crippen molar-refractivity contribution in [2.75, 3.05) is 19.7 Å². The van der Waals surface area contributed by atoms with Gasteiger partial charge in [0.05, 0.1) is 18.3 Å². The number of aliphatic hydroxyl groups is 1. The Morgan fingerprint density at radius 1 is 1.38 bits per heavy atom. The van der Waals surface area contributed by atoms with Crippen LogP contribution in [-0.4, -0.2) is 44.2 Å². The molecule has 0 amide bonds. The normalized spacial score (nSPS) is 19.2. The van der Waals surface area contributed by atoms with E-state index in [1.165, 1.54) is 6.42 Å². The fourth-order valence-electron chi connectivity index (χ4n) is 3.12. The molecule has 0 saturated carbocycles. The summed E-state index contributed by atoms with van der Waals surface area (Å²) in [7, 11) is 0. The lowest BCUT2D eigenvalue weighted by atomic mass is 10.1. The van der Waals surface area contributed by atoms with Gasteiger partial charge in [0.1, 0.15) is 11.6 Å². The third kappa shape index (κ3) is 2.84. The van der Waals surface area contributed by atoms with Crippen LogP contribution >= 0.6 is 0 Å². The van der Waals surface area contributed by atoms with Gasteiger partial charge in [-0.1, -0.05) is 13.0 Å². The molecule has 21 heavy (non-hydrogen) atoms. The molecule has 0 aliphatic carbocycles. The average molecular weight is 286 g/mol. The van der Waals surface area contributed by atoms with Gasteiger partial charge in [0.2, 0.25) is 0 Å². The monoisotopic (exact) mass is 286 g/mol. The lowest BCUT2D eigenvalue weighted by Crippen LogP contribution is -2.27. The van der Waals surface area contributed by atoms with Crippen LogP contribution in [0.25, 0.3) is 5.82 Å². The van der Waals surface area contributed by atoms with Gasteiger partial charge in [0.25, 0.3) is 0 Å². The van der Waals surface area contributed by atoms with Crippen molar-refractivity contribution in [3.63, 3.8) is 0 Å². The van der Waals surface area contributed by atoms with Crippen molar-refractivity contribution in [3.05, 3.63) is 42.1 Å². The van der Waals surface area contributed by atoms with Crippen LogP contribution < -0.4 is 0 Å². The summed E-state index contributed by atoms with van der Waals surface area (Å²) in [4.78, 5) is 11.5. The van der Waals surface area contributed by atoms with E-state index in [-0.39, 0.29) is 6.61 Å². The number of likely N-dealkylation sites (tertiary alicyclic amines) is 1. The van der Waals surface area contributed by atoms with Gasteiger partial charge >= 0.3 is 0 Å². The van der Waals surface area contributed by atoms with E-state index in [9.17, 15) is 5.11 Å². The molecular formula is C16H22N4O. The first kappa shape index (κ1) is 14.2. The third-order valence-corrected chi connectivity index (χ3v) is 4.13. The van der Waals surface area contributed by atoms with E-state index in [0.29, 0.717) is 6.04 Å². The summed E-state index contributed by atoms with van der Waals surface area (Å²) in [6, 6.07) is 6.50. The number of β-amino-alcohol motifs (C(OH)–C–C–N with tert-alkyl or cyclic N) is 1. The topological polar surface area (TPSA) is 54.2 Å². The molecule has 1 N–H and O–H groups in total. The van der Waals surface area contributed by atoms with E-state index < -0.39 is 0 Å². The molecule has 112 valence electrons. The minimum absolute atomic E-state index is 0.206. The quantitative estimate of drug-likeness (QED) is 0.913. The van der Waals surface area contributed by atoms with Crippen molar-refractivity contribution in [3.8, 4) is 5.82 Å². The zero-order valence-corrected chi connectivity index (χ0v) is 12.4. The van der Waals surface area contributed by atoms with Gasteiger partial charge < -0.3 is 5.11 Å². The number of nitrogens with zero attached hydrogens (tertiary/aromatic N) is 4. The zero-order valence-electron chi connectivity index (χ0n) is 12.4. The van der Waals surface area contributed by atoms with Crippen molar-refractivity contribution in [2.24, 2.45) is 0 Å². The number of aryl methyl sites for hydroxylation is 1. The second-order valence-electron chi connectivity index (χ2n) is 5.41. The molecule has 3 heterocycles. The Labute approximate surface area is 125 Å². The molecule has 2 aromatic rings. The number of rotatable bonds is 5. The molecule has 0 bridgehead atoms. The number of pyridine rings is 1. The van der Waals surface area contributed by atoms with Gasteiger partial charge in [-0.3, -0.25) is 9.47 Å². The summed E-state index contributed by atoms with van der Waals surface area (Å²) >= 11 is 0. The Kier molecular flexibility index (Phi) is 4.31. The minimum Gasteiger partial charge on any atom is -0.395 e. The van der Waals surface area contributed by atoms with E-state index in [1.807, 2.05) is 18.5 Å². The zero-order chi connectivity index (χ0) is 14.7. The average Bonchev–Trinajstić information content (AvgIpc) is 3.16. The summed E-state index contributed by atoms with van der Waals surface area (Å²) in [5, 5.41) is 9.19. The molecule has 1 saturated heterocycles. The maximum absolute atomic E-state index is 9.19. The lowest BCUT2D eigenvalue weighted by molar-refractivity contribution is 0.183. The molecule has 1 atom stereocenters. The molecular weight excluding hydrogens is 264 g/mol.